The summed E-state index contributed by atoms with van der Waals surface area (Å²) in [6.45, 7) is 2.65. The molecule has 2 aromatic rings. The molecule has 0 bridgehead atoms. The number of anilines is 1. The zero-order valence-corrected chi connectivity index (χ0v) is 11.9. The van der Waals surface area contributed by atoms with Crippen molar-refractivity contribution >= 4 is 22.6 Å². The van der Waals surface area contributed by atoms with Crippen molar-refractivity contribution in [2.75, 3.05) is 18.0 Å². The van der Waals surface area contributed by atoms with E-state index in [1.54, 1.807) is 18.3 Å². The van der Waals surface area contributed by atoms with Gasteiger partial charge in [-0.1, -0.05) is 0 Å². The van der Waals surface area contributed by atoms with Gasteiger partial charge in [-0.3, -0.25) is 0 Å². The van der Waals surface area contributed by atoms with Gasteiger partial charge in [0.25, 0.3) is 0 Å². The summed E-state index contributed by atoms with van der Waals surface area (Å²) in [4.78, 5) is 21.4. The third-order valence-electron chi connectivity index (χ3n) is 3.65. The zero-order chi connectivity index (χ0) is 15.7. The lowest BCUT2D eigenvalue weighted by atomic mass is 10.1. The van der Waals surface area contributed by atoms with Gasteiger partial charge in [0.1, 0.15) is 12.4 Å². The molecule has 1 aliphatic heterocycles. The Balaban J connectivity index is 2.07. The minimum atomic E-state index is -0.981. The molecule has 112 valence electrons. The molecule has 0 amide bonds. The normalized spacial score (nSPS) is 21.5. The maximum absolute atomic E-state index is 11.2. The number of morpholine rings is 1. The van der Waals surface area contributed by atoms with E-state index in [2.05, 4.69) is 16.0 Å². The molecule has 1 aliphatic rings. The number of ether oxygens (including phenoxy) is 1. The van der Waals surface area contributed by atoms with Crippen LogP contribution in [0, 0.1) is 11.3 Å². The predicted molar refractivity (Wildman–Crippen MR) is 78.4 cm³/mol. The van der Waals surface area contributed by atoms with E-state index in [9.17, 15) is 15.2 Å². The van der Waals surface area contributed by atoms with E-state index in [4.69, 9.17) is 4.74 Å². The fourth-order valence-corrected chi connectivity index (χ4v) is 2.71. The summed E-state index contributed by atoms with van der Waals surface area (Å²) in [5, 5.41) is 19.1. The lowest BCUT2D eigenvalue weighted by Crippen LogP contribution is -2.49. The Morgan fingerprint density at radius 3 is 3.05 bits per heavy atom. The predicted octanol–water partition coefficient (Wildman–Crippen LogP) is 1.18. The molecule has 0 saturated carbocycles. The highest BCUT2D eigenvalue weighted by Gasteiger charge is 2.31. The Morgan fingerprint density at radius 2 is 2.32 bits per heavy atom. The first-order valence-corrected chi connectivity index (χ1v) is 6.86. The first-order valence-electron chi connectivity index (χ1n) is 6.86. The Hall–Kier alpha value is -2.72. The number of carbonyl (C=O) groups is 1. The largest absolute Gasteiger partial charge is 0.479 e. The minimum Gasteiger partial charge on any atom is -0.479 e. The van der Waals surface area contributed by atoms with Crippen molar-refractivity contribution in [1.82, 2.24) is 9.97 Å². The summed E-state index contributed by atoms with van der Waals surface area (Å²) in [5.74, 6) is -0.981. The number of rotatable bonds is 2. The average molecular weight is 298 g/mol. The van der Waals surface area contributed by atoms with E-state index in [0.717, 1.165) is 11.1 Å². The molecule has 22 heavy (non-hydrogen) atoms. The zero-order valence-electron chi connectivity index (χ0n) is 11.9. The van der Waals surface area contributed by atoms with Gasteiger partial charge in [0.2, 0.25) is 0 Å². The smallest absolute Gasteiger partial charge is 0.334 e. The quantitative estimate of drug-likeness (QED) is 0.888. The van der Waals surface area contributed by atoms with Gasteiger partial charge in [-0.25, -0.2) is 14.8 Å². The highest BCUT2D eigenvalue weighted by molar-refractivity contribution is 5.94. The number of aliphatic carboxylic acids is 1. The molecular weight excluding hydrogens is 284 g/mol. The monoisotopic (exact) mass is 298 g/mol. The molecule has 1 fully saturated rings. The van der Waals surface area contributed by atoms with Crippen LogP contribution in [0.25, 0.3) is 10.9 Å². The van der Waals surface area contributed by atoms with Crippen LogP contribution in [0.15, 0.2) is 24.7 Å². The van der Waals surface area contributed by atoms with Gasteiger partial charge in [-0.2, -0.15) is 5.26 Å². The average Bonchev–Trinajstić information content (AvgIpc) is 2.53. The number of hydrogen-bond acceptors (Lipinski definition) is 6. The third kappa shape index (κ3) is 2.44. The summed E-state index contributed by atoms with van der Waals surface area (Å²) >= 11 is 0. The van der Waals surface area contributed by atoms with Crippen LogP contribution < -0.4 is 4.90 Å². The molecule has 0 spiro atoms. The van der Waals surface area contributed by atoms with Gasteiger partial charge < -0.3 is 14.7 Å². The van der Waals surface area contributed by atoms with Crippen LogP contribution in [0.4, 0.5) is 5.69 Å². The number of nitrogens with zero attached hydrogens (tertiary/aromatic N) is 4. The second-order valence-corrected chi connectivity index (χ2v) is 5.21. The molecule has 3 rings (SSSR count). The molecule has 7 heteroatoms. The first-order chi connectivity index (χ1) is 10.6. The van der Waals surface area contributed by atoms with Crippen LogP contribution in [-0.4, -0.2) is 46.3 Å². The van der Waals surface area contributed by atoms with Gasteiger partial charge in [0.05, 0.1) is 23.7 Å². The summed E-state index contributed by atoms with van der Waals surface area (Å²) < 4.78 is 5.43. The van der Waals surface area contributed by atoms with E-state index < -0.39 is 12.1 Å². The van der Waals surface area contributed by atoms with E-state index in [-0.39, 0.29) is 12.6 Å². The molecule has 2 atom stereocenters. The number of nitriles is 1. The van der Waals surface area contributed by atoms with E-state index in [0.29, 0.717) is 17.6 Å². The van der Waals surface area contributed by atoms with Gasteiger partial charge in [0.15, 0.2) is 6.10 Å². The molecular formula is C15H14N4O3. The Kier molecular flexibility index (Phi) is 3.61. The summed E-state index contributed by atoms with van der Waals surface area (Å²) in [7, 11) is 0. The molecule has 0 aliphatic carbocycles. The van der Waals surface area contributed by atoms with Crippen LogP contribution in [0.5, 0.6) is 0 Å². The molecule has 1 aromatic carbocycles. The number of benzene rings is 1. The number of carboxylic acids is 1. The first kappa shape index (κ1) is 14.2. The summed E-state index contributed by atoms with van der Waals surface area (Å²) in [6, 6.07) is 5.61. The van der Waals surface area contributed by atoms with Crippen LogP contribution in [0.3, 0.4) is 0 Å². The molecule has 7 nitrogen and oxygen atoms in total. The van der Waals surface area contributed by atoms with Crippen molar-refractivity contribution in [2.24, 2.45) is 0 Å². The summed E-state index contributed by atoms with van der Waals surface area (Å²) in [6.07, 6.45) is 1.97. The molecule has 0 unspecified atom stereocenters. The van der Waals surface area contributed by atoms with Gasteiger partial charge in [-0.15, -0.1) is 0 Å². The maximum Gasteiger partial charge on any atom is 0.334 e. The topological polar surface area (TPSA) is 99.3 Å². The minimum absolute atomic E-state index is 0.204. The Bertz CT molecular complexity index is 771. The molecule has 2 heterocycles. The van der Waals surface area contributed by atoms with Crippen LogP contribution in [0.2, 0.25) is 0 Å². The third-order valence-corrected chi connectivity index (χ3v) is 3.65. The van der Waals surface area contributed by atoms with Crippen LogP contribution in [-0.2, 0) is 9.53 Å². The van der Waals surface area contributed by atoms with E-state index in [1.165, 1.54) is 6.33 Å². The Labute approximate surface area is 126 Å². The molecule has 1 N–H and O–H groups in total. The van der Waals surface area contributed by atoms with Gasteiger partial charge >= 0.3 is 5.97 Å². The number of fused-ring (bicyclic) bond motifs is 1. The van der Waals surface area contributed by atoms with E-state index >= 15 is 0 Å². The van der Waals surface area contributed by atoms with Crippen LogP contribution in [0.1, 0.15) is 12.5 Å². The SMILES string of the molecule is C[C@@H]1CN(c2ccc(C#N)c3ncncc23)C[C@H](C(=O)O)O1. The number of hydrogen-bond donors (Lipinski definition) is 1. The number of carboxylic acid groups (broad SMARTS) is 1. The summed E-state index contributed by atoms with van der Waals surface area (Å²) in [5.41, 5.74) is 1.86. The van der Waals surface area contributed by atoms with Crippen molar-refractivity contribution < 1.29 is 14.6 Å². The van der Waals surface area contributed by atoms with E-state index in [1.807, 2.05) is 11.8 Å². The van der Waals surface area contributed by atoms with Crippen molar-refractivity contribution in [3.8, 4) is 6.07 Å². The highest BCUT2D eigenvalue weighted by Crippen LogP contribution is 2.29. The van der Waals surface area contributed by atoms with Gasteiger partial charge in [0, 0.05) is 23.8 Å². The second-order valence-electron chi connectivity index (χ2n) is 5.21. The molecule has 0 radical (unpaired) electrons. The van der Waals surface area contributed by atoms with Crippen molar-refractivity contribution in [2.45, 2.75) is 19.1 Å². The fraction of sp³-hybridized carbons (Fsp3) is 0.333. The van der Waals surface area contributed by atoms with Crippen molar-refractivity contribution in [3.63, 3.8) is 0 Å². The maximum atomic E-state index is 11.2. The van der Waals surface area contributed by atoms with Crippen molar-refractivity contribution in [3.05, 3.63) is 30.2 Å². The van der Waals surface area contributed by atoms with Gasteiger partial charge in [-0.05, 0) is 19.1 Å². The second kappa shape index (κ2) is 5.58. The fourth-order valence-electron chi connectivity index (χ4n) is 2.71. The lowest BCUT2D eigenvalue weighted by Gasteiger charge is -2.36. The highest BCUT2D eigenvalue weighted by atomic mass is 16.5. The van der Waals surface area contributed by atoms with Crippen molar-refractivity contribution in [1.29, 1.82) is 5.26 Å². The number of aromatic nitrogens is 2. The standard InChI is InChI=1S/C15H14N4O3/c1-9-6-19(7-13(22-9)15(20)21)12-3-2-10(4-16)14-11(12)5-17-8-18-14/h2-3,5,8-9,13H,6-7H2,1H3,(H,20,21)/t9-,13-/m1/s1. The molecule has 1 saturated heterocycles. The molecule has 1 aromatic heterocycles. The van der Waals surface area contributed by atoms with Crippen LogP contribution >= 0.6 is 0 Å². The Morgan fingerprint density at radius 1 is 1.50 bits per heavy atom. The lowest BCUT2D eigenvalue weighted by molar-refractivity contribution is -0.154.